The summed E-state index contributed by atoms with van der Waals surface area (Å²) in [6, 6.07) is 6.55. The monoisotopic (exact) mass is 264 g/mol. The number of nitrogens with two attached hydrogens (primary N) is 1. The van der Waals surface area contributed by atoms with Gasteiger partial charge in [0, 0.05) is 30.6 Å². The van der Waals surface area contributed by atoms with E-state index in [1.165, 1.54) is 11.1 Å². The highest BCUT2D eigenvalue weighted by Gasteiger charge is 2.24. The van der Waals surface area contributed by atoms with Gasteiger partial charge in [-0.05, 0) is 17.5 Å². The maximum absolute atomic E-state index is 5.58. The summed E-state index contributed by atoms with van der Waals surface area (Å²) in [5.74, 6) is 1.49. The van der Waals surface area contributed by atoms with E-state index in [0.717, 1.165) is 18.8 Å². The van der Waals surface area contributed by atoms with Crippen LogP contribution in [0.25, 0.3) is 0 Å². The summed E-state index contributed by atoms with van der Waals surface area (Å²) >= 11 is 0. The maximum Gasteiger partial charge on any atom is 0.122 e. The van der Waals surface area contributed by atoms with Crippen LogP contribution in [0.5, 0.6) is 5.75 Å². The zero-order chi connectivity index (χ0) is 14.5. The number of methoxy groups -OCH3 is 1. The molecule has 0 heterocycles. The van der Waals surface area contributed by atoms with Crippen molar-refractivity contribution in [2.24, 2.45) is 5.73 Å². The summed E-state index contributed by atoms with van der Waals surface area (Å²) in [5, 5.41) is 3.38. The van der Waals surface area contributed by atoms with Gasteiger partial charge in [-0.2, -0.15) is 0 Å². The van der Waals surface area contributed by atoms with Gasteiger partial charge >= 0.3 is 0 Å². The van der Waals surface area contributed by atoms with Crippen LogP contribution < -0.4 is 15.8 Å². The van der Waals surface area contributed by atoms with Gasteiger partial charge in [-0.1, -0.05) is 39.8 Å². The van der Waals surface area contributed by atoms with Gasteiger partial charge in [-0.25, -0.2) is 0 Å². The largest absolute Gasteiger partial charge is 0.496 e. The third-order valence-corrected chi connectivity index (χ3v) is 3.51. The molecule has 1 aromatic rings. The molecule has 1 aromatic carbocycles. The normalized spacial score (nSPS) is 11.9. The van der Waals surface area contributed by atoms with Gasteiger partial charge in [0.25, 0.3) is 0 Å². The van der Waals surface area contributed by atoms with E-state index in [1.54, 1.807) is 7.11 Å². The third kappa shape index (κ3) is 4.22. The molecule has 108 valence electrons. The van der Waals surface area contributed by atoms with Crippen LogP contribution in [0.15, 0.2) is 18.2 Å². The Balaban J connectivity index is 2.98. The molecule has 3 heteroatoms. The van der Waals surface area contributed by atoms with Crippen molar-refractivity contribution in [3.05, 3.63) is 29.3 Å². The first kappa shape index (κ1) is 16.0. The van der Waals surface area contributed by atoms with Crippen molar-refractivity contribution in [3.8, 4) is 5.75 Å². The van der Waals surface area contributed by atoms with Crippen LogP contribution in [0.2, 0.25) is 0 Å². The second kappa shape index (κ2) is 6.92. The van der Waals surface area contributed by atoms with Crippen LogP contribution in [0, 0.1) is 0 Å². The number of ether oxygens (including phenoxy) is 1. The predicted molar refractivity (Wildman–Crippen MR) is 82.0 cm³/mol. The van der Waals surface area contributed by atoms with Crippen molar-refractivity contribution in [2.45, 2.75) is 39.0 Å². The topological polar surface area (TPSA) is 47.3 Å². The van der Waals surface area contributed by atoms with E-state index in [9.17, 15) is 0 Å². The van der Waals surface area contributed by atoms with E-state index in [-0.39, 0.29) is 5.41 Å². The van der Waals surface area contributed by atoms with Crippen LogP contribution in [-0.2, 0) is 5.41 Å². The molecule has 0 saturated carbocycles. The minimum atomic E-state index is 0.0238. The standard InChI is InChI=1S/C16H28N2O/c1-12(2)13-6-7-14(15(10-13)19-5)16(3,4)11-18-9-8-17/h6-7,10,12,18H,8-9,11,17H2,1-5H3. The minimum absolute atomic E-state index is 0.0238. The van der Waals surface area contributed by atoms with Crippen molar-refractivity contribution in [1.29, 1.82) is 0 Å². The van der Waals surface area contributed by atoms with Crippen molar-refractivity contribution in [2.75, 3.05) is 26.7 Å². The first-order chi connectivity index (χ1) is 8.92. The van der Waals surface area contributed by atoms with E-state index in [1.807, 2.05) is 0 Å². The van der Waals surface area contributed by atoms with E-state index in [4.69, 9.17) is 10.5 Å². The van der Waals surface area contributed by atoms with Gasteiger partial charge in [-0.15, -0.1) is 0 Å². The predicted octanol–water partition coefficient (Wildman–Crippen LogP) is 2.64. The Morgan fingerprint density at radius 3 is 2.53 bits per heavy atom. The third-order valence-electron chi connectivity index (χ3n) is 3.51. The Kier molecular flexibility index (Phi) is 5.83. The van der Waals surface area contributed by atoms with E-state index >= 15 is 0 Å². The van der Waals surface area contributed by atoms with Gasteiger partial charge in [0.15, 0.2) is 0 Å². The molecule has 1 rings (SSSR count). The Morgan fingerprint density at radius 2 is 2.00 bits per heavy atom. The lowest BCUT2D eigenvalue weighted by atomic mass is 9.82. The zero-order valence-corrected chi connectivity index (χ0v) is 12.9. The first-order valence-corrected chi connectivity index (χ1v) is 7.01. The molecule has 0 radical (unpaired) electrons. The van der Waals surface area contributed by atoms with Gasteiger partial charge in [0.05, 0.1) is 7.11 Å². The van der Waals surface area contributed by atoms with Crippen molar-refractivity contribution < 1.29 is 4.74 Å². The number of hydrogen-bond acceptors (Lipinski definition) is 3. The maximum atomic E-state index is 5.58. The molecule has 0 fully saturated rings. The summed E-state index contributed by atoms with van der Waals surface area (Å²) < 4.78 is 5.58. The van der Waals surface area contributed by atoms with Crippen molar-refractivity contribution in [1.82, 2.24) is 5.32 Å². The molecule has 0 aliphatic rings. The van der Waals surface area contributed by atoms with Gasteiger partial charge < -0.3 is 15.8 Å². The summed E-state index contributed by atoms with van der Waals surface area (Å²) in [6.07, 6.45) is 0. The number of rotatable bonds is 7. The Labute approximate surface area is 117 Å². The van der Waals surface area contributed by atoms with Crippen LogP contribution in [0.4, 0.5) is 0 Å². The molecule has 0 spiro atoms. The lowest BCUT2D eigenvalue weighted by Crippen LogP contribution is -2.35. The number of benzene rings is 1. The molecular weight excluding hydrogens is 236 g/mol. The number of hydrogen-bond donors (Lipinski definition) is 2. The smallest absolute Gasteiger partial charge is 0.122 e. The van der Waals surface area contributed by atoms with Crippen LogP contribution in [0.3, 0.4) is 0 Å². The molecule has 0 amide bonds. The summed E-state index contributed by atoms with van der Waals surface area (Å²) in [5.41, 5.74) is 8.09. The quantitative estimate of drug-likeness (QED) is 0.744. The highest BCUT2D eigenvalue weighted by atomic mass is 16.5. The molecular formula is C16H28N2O. The summed E-state index contributed by atoms with van der Waals surface area (Å²) in [7, 11) is 1.74. The zero-order valence-electron chi connectivity index (χ0n) is 12.9. The molecule has 3 N–H and O–H groups in total. The molecule has 0 aliphatic carbocycles. The van der Waals surface area contributed by atoms with Crippen LogP contribution in [-0.4, -0.2) is 26.7 Å². The molecule has 0 saturated heterocycles. The van der Waals surface area contributed by atoms with E-state index in [0.29, 0.717) is 12.5 Å². The second-order valence-electron chi connectivity index (χ2n) is 5.96. The van der Waals surface area contributed by atoms with Gasteiger partial charge in [0.2, 0.25) is 0 Å². The molecule has 0 aromatic heterocycles. The Hall–Kier alpha value is -1.06. The SMILES string of the molecule is COc1cc(C(C)C)ccc1C(C)(C)CNCCN. The molecule has 0 unspecified atom stereocenters. The van der Waals surface area contributed by atoms with Crippen molar-refractivity contribution in [3.63, 3.8) is 0 Å². The first-order valence-electron chi connectivity index (χ1n) is 7.01. The molecule has 0 aliphatic heterocycles. The highest BCUT2D eigenvalue weighted by Crippen LogP contribution is 2.33. The van der Waals surface area contributed by atoms with Crippen LogP contribution in [0.1, 0.15) is 44.7 Å². The lowest BCUT2D eigenvalue weighted by molar-refractivity contribution is 0.385. The fourth-order valence-electron chi connectivity index (χ4n) is 2.22. The van der Waals surface area contributed by atoms with Gasteiger partial charge in [0.1, 0.15) is 5.75 Å². The molecule has 0 bridgehead atoms. The average Bonchev–Trinajstić information content (AvgIpc) is 2.38. The fraction of sp³-hybridized carbons (Fsp3) is 0.625. The fourth-order valence-corrected chi connectivity index (χ4v) is 2.22. The van der Waals surface area contributed by atoms with Crippen molar-refractivity contribution >= 4 is 0 Å². The van der Waals surface area contributed by atoms with E-state index < -0.39 is 0 Å². The highest BCUT2D eigenvalue weighted by molar-refractivity contribution is 5.43. The second-order valence-corrected chi connectivity index (χ2v) is 5.96. The lowest BCUT2D eigenvalue weighted by Gasteiger charge is -2.28. The Morgan fingerprint density at radius 1 is 1.32 bits per heavy atom. The van der Waals surface area contributed by atoms with Gasteiger partial charge in [-0.3, -0.25) is 0 Å². The Bertz CT molecular complexity index is 400. The van der Waals surface area contributed by atoms with Crippen LogP contribution >= 0.6 is 0 Å². The minimum Gasteiger partial charge on any atom is -0.496 e. The molecule has 19 heavy (non-hydrogen) atoms. The molecule has 3 nitrogen and oxygen atoms in total. The summed E-state index contributed by atoms with van der Waals surface area (Å²) in [6.45, 7) is 11.2. The van der Waals surface area contributed by atoms with E-state index in [2.05, 4.69) is 51.2 Å². The molecule has 0 atom stereocenters. The number of nitrogens with one attached hydrogen (secondary N) is 1. The summed E-state index contributed by atoms with van der Waals surface area (Å²) in [4.78, 5) is 0. The average molecular weight is 264 g/mol.